The van der Waals surface area contributed by atoms with Gasteiger partial charge in [0.15, 0.2) is 17.3 Å². The second-order valence-electron chi connectivity index (χ2n) is 4.90. The Morgan fingerprint density at radius 1 is 0.913 bits per heavy atom. The highest BCUT2D eigenvalue weighted by atomic mass is 16.5. The minimum atomic E-state index is 0.0289. The van der Waals surface area contributed by atoms with E-state index in [-0.39, 0.29) is 5.78 Å². The maximum absolute atomic E-state index is 11.3. The van der Waals surface area contributed by atoms with E-state index in [1.54, 1.807) is 45.6 Å². The van der Waals surface area contributed by atoms with Crippen molar-refractivity contribution in [2.45, 2.75) is 13.5 Å². The van der Waals surface area contributed by atoms with Crippen LogP contribution in [0.25, 0.3) is 0 Å². The number of ether oxygens (including phenoxy) is 4. The smallest absolute Gasteiger partial charge is 0.203 e. The summed E-state index contributed by atoms with van der Waals surface area (Å²) >= 11 is 0. The summed E-state index contributed by atoms with van der Waals surface area (Å²) in [6, 6.07) is 10.7. The van der Waals surface area contributed by atoms with Gasteiger partial charge in [-0.25, -0.2) is 0 Å². The van der Waals surface area contributed by atoms with Gasteiger partial charge in [0.25, 0.3) is 0 Å². The molecule has 0 aliphatic heterocycles. The van der Waals surface area contributed by atoms with Gasteiger partial charge in [0.1, 0.15) is 12.4 Å². The zero-order chi connectivity index (χ0) is 16.8. The van der Waals surface area contributed by atoms with Crippen LogP contribution >= 0.6 is 0 Å². The van der Waals surface area contributed by atoms with Crippen LogP contribution in [0.1, 0.15) is 22.8 Å². The number of rotatable bonds is 7. The van der Waals surface area contributed by atoms with E-state index in [4.69, 9.17) is 18.9 Å². The summed E-state index contributed by atoms with van der Waals surface area (Å²) in [7, 11) is 4.71. The Balaban J connectivity index is 2.15. The molecule has 5 nitrogen and oxygen atoms in total. The van der Waals surface area contributed by atoms with Crippen molar-refractivity contribution in [3.8, 4) is 23.0 Å². The number of carbonyl (C=O) groups is 1. The van der Waals surface area contributed by atoms with E-state index in [1.807, 2.05) is 12.1 Å². The largest absolute Gasteiger partial charge is 0.493 e. The highest BCUT2D eigenvalue weighted by Crippen LogP contribution is 2.38. The van der Waals surface area contributed by atoms with Gasteiger partial charge in [-0.15, -0.1) is 0 Å². The third-order valence-electron chi connectivity index (χ3n) is 3.39. The summed E-state index contributed by atoms with van der Waals surface area (Å²) in [6.07, 6.45) is 0. The molecule has 0 saturated heterocycles. The predicted octanol–water partition coefficient (Wildman–Crippen LogP) is 3.49. The van der Waals surface area contributed by atoms with E-state index in [0.29, 0.717) is 35.2 Å². The lowest BCUT2D eigenvalue weighted by Gasteiger charge is -2.14. The molecule has 0 aliphatic carbocycles. The molecule has 0 atom stereocenters. The minimum Gasteiger partial charge on any atom is -0.493 e. The minimum absolute atomic E-state index is 0.0289. The topological polar surface area (TPSA) is 54.0 Å². The van der Waals surface area contributed by atoms with E-state index >= 15 is 0 Å². The molecule has 0 aromatic heterocycles. The van der Waals surface area contributed by atoms with E-state index in [0.717, 1.165) is 5.56 Å². The summed E-state index contributed by atoms with van der Waals surface area (Å²) in [5, 5.41) is 0. The Kier molecular flexibility index (Phi) is 5.46. The van der Waals surface area contributed by atoms with Crippen molar-refractivity contribution in [1.29, 1.82) is 0 Å². The number of methoxy groups -OCH3 is 3. The Labute approximate surface area is 135 Å². The van der Waals surface area contributed by atoms with Crippen molar-refractivity contribution in [3.05, 3.63) is 47.5 Å². The number of Topliss-reactive ketones (excluding diaryl/α,β-unsaturated/α-hetero) is 1. The lowest BCUT2D eigenvalue weighted by molar-refractivity contribution is 0.101. The molecule has 0 aliphatic rings. The third kappa shape index (κ3) is 3.94. The molecule has 0 fully saturated rings. The summed E-state index contributed by atoms with van der Waals surface area (Å²) in [4.78, 5) is 11.3. The quantitative estimate of drug-likeness (QED) is 0.732. The standard InChI is InChI=1S/C18H20O5/c1-12(19)14-5-7-15(8-6-14)23-11-13-9-16(20-2)18(22-4)17(10-13)21-3/h5-10H,11H2,1-4H3. The summed E-state index contributed by atoms with van der Waals surface area (Å²) in [5.74, 6) is 2.42. The molecule has 2 aromatic carbocycles. The molecule has 23 heavy (non-hydrogen) atoms. The van der Waals surface area contributed by atoms with Crippen molar-refractivity contribution in [2.75, 3.05) is 21.3 Å². The van der Waals surface area contributed by atoms with Gasteiger partial charge >= 0.3 is 0 Å². The summed E-state index contributed by atoms with van der Waals surface area (Å²) in [5.41, 5.74) is 1.54. The fraction of sp³-hybridized carbons (Fsp3) is 0.278. The first kappa shape index (κ1) is 16.7. The molecule has 0 heterocycles. The fourth-order valence-electron chi connectivity index (χ4n) is 2.17. The van der Waals surface area contributed by atoms with Crippen LogP contribution in [0.15, 0.2) is 36.4 Å². The average molecular weight is 316 g/mol. The lowest BCUT2D eigenvalue weighted by Crippen LogP contribution is -2.00. The van der Waals surface area contributed by atoms with Crippen LogP contribution in [0.4, 0.5) is 0 Å². The van der Waals surface area contributed by atoms with Crippen LogP contribution in [-0.4, -0.2) is 27.1 Å². The van der Waals surface area contributed by atoms with Crippen LogP contribution in [0.2, 0.25) is 0 Å². The van der Waals surface area contributed by atoms with Crippen molar-refractivity contribution < 1.29 is 23.7 Å². The molecular formula is C18H20O5. The van der Waals surface area contributed by atoms with Crippen molar-refractivity contribution >= 4 is 5.78 Å². The van der Waals surface area contributed by atoms with Gasteiger partial charge in [-0.2, -0.15) is 0 Å². The second kappa shape index (κ2) is 7.54. The molecule has 5 heteroatoms. The molecule has 2 aromatic rings. The SMILES string of the molecule is COc1cc(COc2ccc(C(C)=O)cc2)cc(OC)c1OC. The van der Waals surface area contributed by atoms with Crippen LogP contribution < -0.4 is 18.9 Å². The molecule has 0 amide bonds. The average Bonchev–Trinajstić information content (AvgIpc) is 2.59. The highest BCUT2D eigenvalue weighted by Gasteiger charge is 2.13. The van der Waals surface area contributed by atoms with E-state index in [2.05, 4.69) is 0 Å². The zero-order valence-electron chi connectivity index (χ0n) is 13.7. The van der Waals surface area contributed by atoms with Gasteiger partial charge in [-0.05, 0) is 48.9 Å². The molecule has 122 valence electrons. The van der Waals surface area contributed by atoms with Crippen LogP contribution in [-0.2, 0) is 6.61 Å². The van der Waals surface area contributed by atoms with Gasteiger partial charge in [-0.3, -0.25) is 4.79 Å². The van der Waals surface area contributed by atoms with Gasteiger partial charge in [0, 0.05) is 5.56 Å². The first-order valence-corrected chi connectivity index (χ1v) is 7.11. The number of ketones is 1. The van der Waals surface area contributed by atoms with Crippen LogP contribution in [0.3, 0.4) is 0 Å². The molecule has 0 N–H and O–H groups in total. The molecule has 0 spiro atoms. The molecule has 2 rings (SSSR count). The third-order valence-corrected chi connectivity index (χ3v) is 3.39. The fourth-order valence-corrected chi connectivity index (χ4v) is 2.17. The van der Waals surface area contributed by atoms with Gasteiger partial charge in [0.2, 0.25) is 5.75 Å². The Bertz CT molecular complexity index is 651. The molecule has 0 saturated carbocycles. The van der Waals surface area contributed by atoms with Gasteiger partial charge < -0.3 is 18.9 Å². The zero-order valence-corrected chi connectivity index (χ0v) is 13.7. The number of carbonyl (C=O) groups excluding carboxylic acids is 1. The highest BCUT2D eigenvalue weighted by molar-refractivity contribution is 5.94. The molecule has 0 radical (unpaired) electrons. The summed E-state index contributed by atoms with van der Waals surface area (Å²) in [6.45, 7) is 1.88. The van der Waals surface area contributed by atoms with Crippen molar-refractivity contribution in [2.24, 2.45) is 0 Å². The van der Waals surface area contributed by atoms with Crippen LogP contribution in [0, 0.1) is 0 Å². The monoisotopic (exact) mass is 316 g/mol. The first-order valence-electron chi connectivity index (χ1n) is 7.11. The molecular weight excluding hydrogens is 296 g/mol. The van der Waals surface area contributed by atoms with E-state index in [1.165, 1.54) is 6.92 Å². The lowest BCUT2D eigenvalue weighted by atomic mass is 10.1. The van der Waals surface area contributed by atoms with Crippen LogP contribution in [0.5, 0.6) is 23.0 Å². The Morgan fingerprint density at radius 3 is 1.91 bits per heavy atom. The number of benzene rings is 2. The second-order valence-corrected chi connectivity index (χ2v) is 4.90. The van der Waals surface area contributed by atoms with E-state index < -0.39 is 0 Å². The van der Waals surface area contributed by atoms with Crippen molar-refractivity contribution in [1.82, 2.24) is 0 Å². The summed E-state index contributed by atoms with van der Waals surface area (Å²) < 4.78 is 21.7. The van der Waals surface area contributed by atoms with E-state index in [9.17, 15) is 4.79 Å². The Hall–Kier alpha value is -2.69. The first-order chi connectivity index (χ1) is 11.1. The van der Waals surface area contributed by atoms with Gasteiger partial charge in [-0.1, -0.05) is 0 Å². The molecule has 0 unspecified atom stereocenters. The normalized spacial score (nSPS) is 10.1. The molecule has 0 bridgehead atoms. The predicted molar refractivity (Wildman–Crippen MR) is 86.9 cm³/mol. The maximum Gasteiger partial charge on any atom is 0.203 e. The maximum atomic E-state index is 11.3. The number of hydrogen-bond donors (Lipinski definition) is 0. The Morgan fingerprint density at radius 2 is 1.48 bits per heavy atom. The number of hydrogen-bond acceptors (Lipinski definition) is 5. The van der Waals surface area contributed by atoms with Gasteiger partial charge in [0.05, 0.1) is 21.3 Å². The van der Waals surface area contributed by atoms with Crippen molar-refractivity contribution in [3.63, 3.8) is 0 Å².